The first-order chi connectivity index (χ1) is 19.5. The van der Waals surface area contributed by atoms with E-state index in [0.717, 1.165) is 5.56 Å². The van der Waals surface area contributed by atoms with E-state index in [1.807, 2.05) is 42.5 Å². The van der Waals surface area contributed by atoms with Crippen LogP contribution in [0.4, 0.5) is 22.9 Å². The maximum atomic E-state index is 10.9. The highest BCUT2D eigenvalue weighted by atomic mass is 16.6. The number of nitro groups is 1. The predicted octanol–water partition coefficient (Wildman–Crippen LogP) is 4.90. The van der Waals surface area contributed by atoms with Crippen LogP contribution in [0.25, 0.3) is 11.3 Å². The molecule has 12 heteroatoms. The number of guanidine groups is 1. The average Bonchev–Trinajstić information content (AvgIpc) is 2.98. The third kappa shape index (κ3) is 6.94. The number of nitrogens with one attached hydrogen (secondary N) is 2. The highest BCUT2D eigenvalue weighted by molar-refractivity contribution is 5.96. The van der Waals surface area contributed by atoms with Crippen molar-refractivity contribution >= 4 is 28.8 Å². The summed E-state index contributed by atoms with van der Waals surface area (Å²) in [5, 5.41) is 44.2. The molecular weight excluding hydrogens is 510 g/mol. The molecule has 0 amide bonds. The fraction of sp³-hybridized carbons (Fsp3) is 0.0357. The van der Waals surface area contributed by atoms with Gasteiger partial charge < -0.3 is 21.1 Å². The molecule has 1 aromatic heterocycles. The summed E-state index contributed by atoms with van der Waals surface area (Å²) in [5.41, 5.74) is 8.61. The summed E-state index contributed by atoms with van der Waals surface area (Å²) in [6.07, 6.45) is 0. The maximum Gasteiger partial charge on any atom is 0.269 e. The second-order valence-corrected chi connectivity index (χ2v) is 8.05. The number of para-hydroxylation sites is 2. The minimum Gasteiger partial charge on any atom is -0.487 e. The quantitative estimate of drug-likeness (QED) is 0.0880. The van der Waals surface area contributed by atoms with E-state index in [-0.39, 0.29) is 29.5 Å². The first kappa shape index (κ1) is 26.8. The topological polar surface area (TPSA) is 188 Å². The molecule has 0 spiro atoms. The summed E-state index contributed by atoms with van der Waals surface area (Å²) >= 11 is 0. The van der Waals surface area contributed by atoms with Gasteiger partial charge in [0.2, 0.25) is 0 Å². The van der Waals surface area contributed by atoms with E-state index in [0.29, 0.717) is 28.6 Å². The van der Waals surface area contributed by atoms with E-state index in [1.54, 1.807) is 36.4 Å². The van der Waals surface area contributed by atoms with Crippen molar-refractivity contribution in [1.29, 1.82) is 10.5 Å². The Morgan fingerprint density at radius 1 is 0.900 bits per heavy atom. The van der Waals surface area contributed by atoms with Crippen molar-refractivity contribution in [3.8, 4) is 29.1 Å². The number of aromatic nitrogens is 2. The van der Waals surface area contributed by atoms with Crippen LogP contribution in [0, 0.1) is 32.8 Å². The molecule has 4 aromatic rings. The molecule has 0 saturated heterocycles. The van der Waals surface area contributed by atoms with Crippen LogP contribution < -0.4 is 21.1 Å². The standard InChI is InChI=1S/C28H21N9O3/c29-16-20(17-30)26(18-40-22-12-10-21(11-13-22)37(38)39)32-24-8-4-5-9-25(24)33-28(31)34-27-15-14-23(35-36-27)19-6-2-1-3-7-19/h1-15,32H,18H2,(H3,31,33,34,36). The Hall–Kier alpha value is -6.27. The Kier molecular flexibility index (Phi) is 8.57. The molecule has 0 aliphatic heterocycles. The summed E-state index contributed by atoms with van der Waals surface area (Å²) in [6.45, 7) is -0.185. The van der Waals surface area contributed by atoms with Gasteiger partial charge >= 0.3 is 0 Å². The Balaban J connectivity index is 1.50. The van der Waals surface area contributed by atoms with Gasteiger partial charge in [0.25, 0.3) is 5.69 Å². The third-order valence-electron chi connectivity index (χ3n) is 5.39. The van der Waals surface area contributed by atoms with Gasteiger partial charge in [0.05, 0.1) is 27.7 Å². The van der Waals surface area contributed by atoms with Gasteiger partial charge in [-0.25, -0.2) is 0 Å². The van der Waals surface area contributed by atoms with Crippen molar-refractivity contribution in [2.75, 3.05) is 17.2 Å². The molecule has 12 nitrogen and oxygen atoms in total. The van der Waals surface area contributed by atoms with Crippen LogP contribution in [0.3, 0.4) is 0 Å². The molecule has 0 unspecified atom stereocenters. The zero-order valence-electron chi connectivity index (χ0n) is 20.9. The van der Waals surface area contributed by atoms with Gasteiger partial charge in [0.15, 0.2) is 17.4 Å². The first-order valence-electron chi connectivity index (χ1n) is 11.7. The lowest BCUT2D eigenvalue weighted by atomic mass is 10.1. The molecule has 196 valence electrons. The number of nitrogens with zero attached hydrogens (tertiary/aromatic N) is 6. The Labute approximate surface area is 228 Å². The number of benzene rings is 3. The van der Waals surface area contributed by atoms with Crippen LogP contribution in [-0.4, -0.2) is 27.7 Å². The molecule has 0 radical (unpaired) electrons. The normalized spacial score (nSPS) is 10.5. The van der Waals surface area contributed by atoms with Crippen molar-refractivity contribution in [3.63, 3.8) is 0 Å². The van der Waals surface area contributed by atoms with Crippen LogP contribution in [0.1, 0.15) is 0 Å². The van der Waals surface area contributed by atoms with E-state index in [1.165, 1.54) is 24.3 Å². The van der Waals surface area contributed by atoms with Gasteiger partial charge in [-0.05, 0) is 36.4 Å². The van der Waals surface area contributed by atoms with Gasteiger partial charge in [-0.2, -0.15) is 15.5 Å². The fourth-order valence-electron chi connectivity index (χ4n) is 3.45. The molecule has 0 aliphatic rings. The number of hydrogen-bond donors (Lipinski definition) is 3. The van der Waals surface area contributed by atoms with Gasteiger partial charge in [0.1, 0.15) is 24.5 Å². The minimum absolute atomic E-state index is 0.0319. The van der Waals surface area contributed by atoms with Gasteiger partial charge in [-0.1, -0.05) is 42.5 Å². The lowest BCUT2D eigenvalue weighted by Crippen LogP contribution is -2.23. The number of aliphatic imine (C=N–C) groups is 1. The van der Waals surface area contributed by atoms with E-state index >= 15 is 0 Å². The first-order valence-corrected chi connectivity index (χ1v) is 11.7. The van der Waals surface area contributed by atoms with Crippen LogP contribution in [0.15, 0.2) is 107 Å². The number of ether oxygens (including phenoxy) is 1. The van der Waals surface area contributed by atoms with Crippen molar-refractivity contribution in [3.05, 3.63) is 112 Å². The number of hydrogen-bond acceptors (Lipinski definition) is 9. The number of nitro benzene ring substituents is 1. The van der Waals surface area contributed by atoms with Crippen molar-refractivity contribution in [2.45, 2.75) is 0 Å². The molecule has 1 heterocycles. The Morgan fingerprint density at radius 3 is 2.15 bits per heavy atom. The smallest absolute Gasteiger partial charge is 0.269 e. The molecule has 0 saturated carbocycles. The number of nitriles is 2. The second kappa shape index (κ2) is 12.8. The van der Waals surface area contributed by atoms with Crippen molar-refractivity contribution < 1.29 is 9.66 Å². The Bertz CT molecular complexity index is 1620. The fourth-order valence-corrected chi connectivity index (χ4v) is 3.45. The van der Waals surface area contributed by atoms with Crippen LogP contribution in [0.5, 0.6) is 5.75 Å². The van der Waals surface area contributed by atoms with E-state index in [4.69, 9.17) is 10.5 Å². The van der Waals surface area contributed by atoms with Gasteiger partial charge in [-0.15, -0.1) is 10.2 Å². The SMILES string of the molecule is N#CC(C#N)=C(COc1ccc([N+](=O)[O-])cc1)Nc1ccccc1NC(N)=Nc1ccc(-c2ccccc2)nn1. The zero-order chi connectivity index (χ0) is 28.3. The molecule has 40 heavy (non-hydrogen) atoms. The lowest BCUT2D eigenvalue weighted by Gasteiger charge is -2.16. The molecule has 0 aliphatic carbocycles. The number of nitrogens with two attached hydrogens (primary N) is 1. The summed E-state index contributed by atoms with van der Waals surface area (Å²) in [6, 6.07) is 29.2. The Morgan fingerprint density at radius 2 is 1.55 bits per heavy atom. The van der Waals surface area contributed by atoms with Gasteiger partial charge in [0, 0.05) is 17.7 Å². The van der Waals surface area contributed by atoms with Gasteiger partial charge in [-0.3, -0.25) is 10.1 Å². The molecule has 0 fully saturated rings. The molecule has 0 bridgehead atoms. The van der Waals surface area contributed by atoms with Crippen LogP contribution in [0.2, 0.25) is 0 Å². The molecular formula is C28H21N9O3. The molecule has 3 aromatic carbocycles. The predicted molar refractivity (Wildman–Crippen MR) is 149 cm³/mol. The highest BCUT2D eigenvalue weighted by Gasteiger charge is 2.13. The number of allylic oxidation sites excluding steroid dienone is 1. The van der Waals surface area contributed by atoms with Crippen molar-refractivity contribution in [1.82, 2.24) is 10.2 Å². The summed E-state index contributed by atoms with van der Waals surface area (Å²) < 4.78 is 5.67. The molecule has 4 rings (SSSR count). The van der Waals surface area contributed by atoms with Crippen LogP contribution >= 0.6 is 0 Å². The molecule has 0 atom stereocenters. The zero-order valence-corrected chi connectivity index (χ0v) is 20.9. The third-order valence-corrected chi connectivity index (χ3v) is 5.39. The average molecular weight is 532 g/mol. The lowest BCUT2D eigenvalue weighted by molar-refractivity contribution is -0.384. The largest absolute Gasteiger partial charge is 0.487 e. The maximum absolute atomic E-state index is 10.9. The molecule has 4 N–H and O–H groups in total. The summed E-state index contributed by atoms with van der Waals surface area (Å²) in [4.78, 5) is 14.6. The number of non-ortho nitro benzene ring substituents is 1. The summed E-state index contributed by atoms with van der Waals surface area (Å²) in [7, 11) is 0. The number of anilines is 2. The van der Waals surface area contributed by atoms with E-state index in [9.17, 15) is 20.6 Å². The highest BCUT2D eigenvalue weighted by Crippen LogP contribution is 2.25. The number of rotatable bonds is 9. The monoisotopic (exact) mass is 531 g/mol. The minimum atomic E-state index is -0.522. The van der Waals surface area contributed by atoms with E-state index in [2.05, 4.69) is 25.8 Å². The summed E-state index contributed by atoms with van der Waals surface area (Å²) in [5.74, 6) is 0.648. The van der Waals surface area contributed by atoms with Crippen LogP contribution in [-0.2, 0) is 0 Å². The van der Waals surface area contributed by atoms with Crippen molar-refractivity contribution in [2.24, 2.45) is 10.7 Å². The second-order valence-electron chi connectivity index (χ2n) is 8.05. The van der Waals surface area contributed by atoms with E-state index < -0.39 is 4.92 Å².